The van der Waals surface area contributed by atoms with Crippen molar-refractivity contribution in [2.75, 3.05) is 0 Å². The highest BCUT2D eigenvalue weighted by atomic mass is 32.2. The molecule has 3 rings (SSSR count). The van der Waals surface area contributed by atoms with Crippen molar-refractivity contribution in [3.05, 3.63) is 34.1 Å². The summed E-state index contributed by atoms with van der Waals surface area (Å²) in [5, 5.41) is 5.45. The summed E-state index contributed by atoms with van der Waals surface area (Å²) in [6.45, 7) is 3.59. The maximum absolute atomic E-state index is 12.5. The Bertz CT molecular complexity index is 905. The summed E-state index contributed by atoms with van der Waals surface area (Å²) in [5.74, 6) is -0.415. The molecule has 0 aliphatic heterocycles. The van der Waals surface area contributed by atoms with Crippen molar-refractivity contribution in [3.63, 3.8) is 0 Å². The highest BCUT2D eigenvalue weighted by molar-refractivity contribution is 8.00. The average Bonchev–Trinajstić information content (AvgIpc) is 3.36. The molecule has 25 heavy (non-hydrogen) atoms. The number of thioether (sulfide) groups is 1. The topological polar surface area (TPSA) is 93.1 Å². The summed E-state index contributed by atoms with van der Waals surface area (Å²) in [4.78, 5) is 40.8. The van der Waals surface area contributed by atoms with Crippen LogP contribution in [0.4, 0.5) is 4.79 Å². The predicted octanol–water partition coefficient (Wildman–Crippen LogP) is 1.71. The standard InChI is InChI=1S/C17H20N4O3S/c1-9-4-7-13-12(8-9)15(23)21(3)17(19-13)25-10(2)14(22)20-16(24)18-11-5-6-11/h4,7-8,10-11H,5-6H2,1-3H3,(H2,18,20,22,24). The Kier molecular flexibility index (Phi) is 4.80. The van der Waals surface area contributed by atoms with Gasteiger partial charge in [-0.25, -0.2) is 9.78 Å². The lowest BCUT2D eigenvalue weighted by atomic mass is 10.2. The molecule has 1 aliphatic carbocycles. The number of benzene rings is 1. The fourth-order valence-corrected chi connectivity index (χ4v) is 3.22. The molecule has 0 spiro atoms. The number of urea groups is 1. The van der Waals surface area contributed by atoms with Crippen molar-refractivity contribution >= 4 is 34.6 Å². The fourth-order valence-electron chi connectivity index (χ4n) is 2.34. The van der Waals surface area contributed by atoms with Crippen molar-refractivity contribution in [3.8, 4) is 0 Å². The van der Waals surface area contributed by atoms with Gasteiger partial charge in [0.15, 0.2) is 5.16 Å². The van der Waals surface area contributed by atoms with E-state index in [4.69, 9.17) is 0 Å². The third-order valence-electron chi connectivity index (χ3n) is 3.99. The number of hydrogen-bond donors (Lipinski definition) is 2. The predicted molar refractivity (Wildman–Crippen MR) is 96.7 cm³/mol. The minimum atomic E-state index is -0.564. The summed E-state index contributed by atoms with van der Waals surface area (Å²) in [6.07, 6.45) is 1.91. The van der Waals surface area contributed by atoms with E-state index in [1.165, 1.54) is 4.57 Å². The summed E-state index contributed by atoms with van der Waals surface area (Å²) in [5.41, 5.74) is 1.42. The van der Waals surface area contributed by atoms with Crippen LogP contribution in [0, 0.1) is 6.92 Å². The third-order valence-corrected chi connectivity index (χ3v) is 5.13. The zero-order chi connectivity index (χ0) is 18.1. The van der Waals surface area contributed by atoms with Gasteiger partial charge < -0.3 is 5.32 Å². The number of fused-ring (bicyclic) bond motifs is 1. The smallest absolute Gasteiger partial charge is 0.321 e. The lowest BCUT2D eigenvalue weighted by Crippen LogP contribution is -2.43. The van der Waals surface area contributed by atoms with Crippen LogP contribution in [-0.2, 0) is 11.8 Å². The molecule has 1 aromatic heterocycles. The van der Waals surface area contributed by atoms with Crippen LogP contribution in [0.15, 0.2) is 28.2 Å². The van der Waals surface area contributed by atoms with E-state index in [9.17, 15) is 14.4 Å². The van der Waals surface area contributed by atoms with Crippen molar-refractivity contribution in [1.82, 2.24) is 20.2 Å². The van der Waals surface area contributed by atoms with Gasteiger partial charge in [0.1, 0.15) is 0 Å². The molecule has 1 atom stereocenters. The Morgan fingerprint density at radius 2 is 2.08 bits per heavy atom. The lowest BCUT2D eigenvalue weighted by Gasteiger charge is -2.14. The van der Waals surface area contributed by atoms with Crippen molar-refractivity contribution in [2.24, 2.45) is 7.05 Å². The van der Waals surface area contributed by atoms with Gasteiger partial charge in [0.05, 0.1) is 16.2 Å². The second-order valence-electron chi connectivity index (χ2n) is 6.28. The molecule has 1 fully saturated rings. The first-order chi connectivity index (χ1) is 11.8. The summed E-state index contributed by atoms with van der Waals surface area (Å²) >= 11 is 1.15. The summed E-state index contributed by atoms with van der Waals surface area (Å²) in [7, 11) is 1.63. The second-order valence-corrected chi connectivity index (χ2v) is 7.58. The Labute approximate surface area is 149 Å². The van der Waals surface area contributed by atoms with Crippen LogP contribution in [0.5, 0.6) is 0 Å². The molecule has 2 aromatic rings. The van der Waals surface area contributed by atoms with E-state index in [0.717, 1.165) is 30.2 Å². The Hall–Kier alpha value is -2.35. The molecule has 0 saturated heterocycles. The molecule has 8 heteroatoms. The molecule has 0 bridgehead atoms. The van der Waals surface area contributed by atoms with E-state index in [-0.39, 0.29) is 11.6 Å². The van der Waals surface area contributed by atoms with Crippen LogP contribution in [0.25, 0.3) is 10.9 Å². The van der Waals surface area contributed by atoms with Crippen LogP contribution in [-0.4, -0.2) is 32.8 Å². The highest BCUT2D eigenvalue weighted by Gasteiger charge is 2.25. The average molecular weight is 360 g/mol. The minimum Gasteiger partial charge on any atom is -0.335 e. The zero-order valence-electron chi connectivity index (χ0n) is 14.3. The molecule has 2 N–H and O–H groups in total. The lowest BCUT2D eigenvalue weighted by molar-refractivity contribution is -0.119. The number of aryl methyl sites for hydroxylation is 1. The van der Waals surface area contributed by atoms with E-state index in [1.807, 2.05) is 13.0 Å². The molecule has 132 valence electrons. The van der Waals surface area contributed by atoms with Crippen molar-refractivity contribution in [1.29, 1.82) is 0 Å². The SMILES string of the molecule is Cc1ccc2nc(SC(C)C(=O)NC(=O)NC3CC3)n(C)c(=O)c2c1. The molecule has 1 aliphatic rings. The third kappa shape index (κ3) is 4.01. The molecule has 1 heterocycles. The number of imide groups is 1. The van der Waals surface area contributed by atoms with Gasteiger partial charge in [0.2, 0.25) is 5.91 Å². The van der Waals surface area contributed by atoms with Gasteiger partial charge in [-0.15, -0.1) is 0 Å². The van der Waals surface area contributed by atoms with Gasteiger partial charge >= 0.3 is 6.03 Å². The first-order valence-electron chi connectivity index (χ1n) is 8.10. The number of aromatic nitrogens is 2. The first kappa shape index (κ1) is 17.5. The van der Waals surface area contributed by atoms with E-state index < -0.39 is 17.2 Å². The first-order valence-corrected chi connectivity index (χ1v) is 8.98. The number of rotatable bonds is 4. The van der Waals surface area contributed by atoms with E-state index in [1.54, 1.807) is 26.1 Å². The quantitative estimate of drug-likeness (QED) is 0.640. The normalized spacial score (nSPS) is 15.0. The Balaban J connectivity index is 1.76. The maximum atomic E-state index is 12.5. The number of nitrogens with one attached hydrogen (secondary N) is 2. The van der Waals surface area contributed by atoms with Gasteiger partial charge in [-0.2, -0.15) is 0 Å². The minimum absolute atomic E-state index is 0.157. The largest absolute Gasteiger partial charge is 0.335 e. The molecule has 1 unspecified atom stereocenters. The van der Waals surface area contributed by atoms with Gasteiger partial charge in [-0.1, -0.05) is 23.4 Å². The van der Waals surface area contributed by atoms with Gasteiger partial charge in [0, 0.05) is 13.1 Å². The zero-order valence-corrected chi connectivity index (χ0v) is 15.1. The van der Waals surface area contributed by atoms with Gasteiger partial charge in [-0.05, 0) is 38.8 Å². The summed E-state index contributed by atoms with van der Waals surface area (Å²) in [6, 6.07) is 5.20. The number of hydrogen-bond acceptors (Lipinski definition) is 5. The van der Waals surface area contributed by atoms with Crippen LogP contribution in [0.2, 0.25) is 0 Å². The van der Waals surface area contributed by atoms with E-state index in [0.29, 0.717) is 16.1 Å². The van der Waals surface area contributed by atoms with Crippen molar-refractivity contribution < 1.29 is 9.59 Å². The van der Waals surface area contributed by atoms with Crippen molar-refractivity contribution in [2.45, 2.75) is 43.1 Å². The highest BCUT2D eigenvalue weighted by Crippen LogP contribution is 2.22. The Morgan fingerprint density at radius 1 is 1.36 bits per heavy atom. The molecular formula is C17H20N4O3S. The molecule has 1 saturated carbocycles. The second kappa shape index (κ2) is 6.87. The maximum Gasteiger partial charge on any atom is 0.321 e. The monoisotopic (exact) mass is 360 g/mol. The van der Waals surface area contributed by atoms with Gasteiger partial charge in [0.25, 0.3) is 5.56 Å². The van der Waals surface area contributed by atoms with Crippen LogP contribution >= 0.6 is 11.8 Å². The molecule has 0 radical (unpaired) electrons. The van der Waals surface area contributed by atoms with E-state index >= 15 is 0 Å². The van der Waals surface area contributed by atoms with Gasteiger partial charge in [-0.3, -0.25) is 19.5 Å². The number of carbonyl (C=O) groups is 2. The van der Waals surface area contributed by atoms with Crippen LogP contribution < -0.4 is 16.2 Å². The number of nitrogens with zero attached hydrogens (tertiary/aromatic N) is 2. The van der Waals surface area contributed by atoms with Crippen LogP contribution in [0.3, 0.4) is 0 Å². The number of amides is 3. The molecule has 3 amide bonds. The molecule has 7 nitrogen and oxygen atoms in total. The van der Waals surface area contributed by atoms with E-state index in [2.05, 4.69) is 15.6 Å². The molecular weight excluding hydrogens is 340 g/mol. The molecule has 1 aromatic carbocycles. The Morgan fingerprint density at radius 3 is 2.76 bits per heavy atom. The fraction of sp³-hybridized carbons (Fsp3) is 0.412. The van der Waals surface area contributed by atoms with Crippen LogP contribution in [0.1, 0.15) is 25.3 Å². The summed E-state index contributed by atoms with van der Waals surface area (Å²) < 4.78 is 1.43. The number of carbonyl (C=O) groups excluding carboxylic acids is 2.